The van der Waals surface area contributed by atoms with Crippen molar-refractivity contribution < 1.29 is 17.9 Å². The second kappa shape index (κ2) is 5.51. The molecule has 0 aliphatic carbocycles. The van der Waals surface area contributed by atoms with Gasteiger partial charge < -0.3 is 9.64 Å². The van der Waals surface area contributed by atoms with Gasteiger partial charge in [-0.05, 0) is 30.2 Å². The van der Waals surface area contributed by atoms with Crippen molar-refractivity contribution in [3.05, 3.63) is 23.8 Å². The van der Waals surface area contributed by atoms with Crippen LogP contribution in [0.4, 0.5) is 5.69 Å². The van der Waals surface area contributed by atoms with Crippen LogP contribution in [0.1, 0.15) is 5.56 Å². The molecule has 1 aliphatic rings. The van der Waals surface area contributed by atoms with Gasteiger partial charge in [0.1, 0.15) is 6.61 Å². The summed E-state index contributed by atoms with van der Waals surface area (Å²) in [4.78, 5) is 13.8. The highest BCUT2D eigenvalue weighted by Gasteiger charge is 2.27. The number of carbonyl (C=O) groups is 1. The molecule has 0 aromatic heterocycles. The number of amides is 1. The molecule has 1 aliphatic heterocycles. The van der Waals surface area contributed by atoms with Gasteiger partial charge in [-0.25, -0.2) is 12.7 Å². The number of ether oxygens (including phenoxy) is 1. The molecule has 0 saturated heterocycles. The normalized spacial score (nSPS) is 14.7. The molecule has 0 saturated carbocycles. The van der Waals surface area contributed by atoms with Crippen LogP contribution in [0.25, 0.3) is 0 Å². The fraction of sp³-hybridized carbons (Fsp3) is 0.462. The van der Waals surface area contributed by atoms with Crippen LogP contribution in [-0.2, 0) is 26.0 Å². The summed E-state index contributed by atoms with van der Waals surface area (Å²) in [5.74, 6) is -0.116. The molecule has 20 heavy (non-hydrogen) atoms. The van der Waals surface area contributed by atoms with Crippen LogP contribution in [0.3, 0.4) is 0 Å². The minimum Gasteiger partial charge on any atom is -0.375 e. The second-order valence-electron chi connectivity index (χ2n) is 4.81. The van der Waals surface area contributed by atoms with E-state index in [1.54, 1.807) is 17.0 Å². The molecule has 0 unspecified atom stereocenters. The van der Waals surface area contributed by atoms with Crippen molar-refractivity contribution in [1.82, 2.24) is 4.31 Å². The zero-order chi connectivity index (χ0) is 14.9. The summed E-state index contributed by atoms with van der Waals surface area (Å²) in [6, 6.07) is 4.86. The van der Waals surface area contributed by atoms with Crippen LogP contribution in [0.5, 0.6) is 0 Å². The zero-order valence-corrected chi connectivity index (χ0v) is 12.6. The Morgan fingerprint density at radius 2 is 2.10 bits per heavy atom. The highest BCUT2D eigenvalue weighted by Crippen LogP contribution is 2.30. The maximum absolute atomic E-state index is 12.1. The van der Waals surface area contributed by atoms with E-state index in [9.17, 15) is 13.2 Å². The number of carbonyl (C=O) groups excluding carboxylic acids is 1. The van der Waals surface area contributed by atoms with E-state index in [2.05, 4.69) is 0 Å². The van der Waals surface area contributed by atoms with Gasteiger partial charge in [0, 0.05) is 33.4 Å². The molecule has 0 radical (unpaired) electrons. The zero-order valence-electron chi connectivity index (χ0n) is 11.8. The standard InChI is InChI=1S/C13H18N2O4S/c1-14(2)20(17,18)11-4-5-12-10(8-11)6-7-15(12)13(16)9-19-3/h4-5,8H,6-7,9H2,1-3H3. The average Bonchev–Trinajstić information content (AvgIpc) is 2.81. The fourth-order valence-corrected chi connectivity index (χ4v) is 3.16. The Morgan fingerprint density at radius 1 is 1.40 bits per heavy atom. The molecule has 1 aromatic carbocycles. The van der Waals surface area contributed by atoms with Crippen molar-refractivity contribution in [2.45, 2.75) is 11.3 Å². The number of fused-ring (bicyclic) bond motifs is 1. The number of sulfonamides is 1. The summed E-state index contributed by atoms with van der Waals surface area (Å²) in [6.07, 6.45) is 0.654. The van der Waals surface area contributed by atoms with Gasteiger partial charge in [-0.1, -0.05) is 0 Å². The molecule has 2 rings (SSSR count). The van der Waals surface area contributed by atoms with E-state index in [0.29, 0.717) is 13.0 Å². The number of hydrogen-bond donors (Lipinski definition) is 0. The first-order valence-electron chi connectivity index (χ1n) is 6.22. The maximum atomic E-state index is 12.1. The number of hydrogen-bond acceptors (Lipinski definition) is 4. The van der Waals surface area contributed by atoms with Crippen molar-refractivity contribution in [3.8, 4) is 0 Å². The third-order valence-electron chi connectivity index (χ3n) is 3.29. The molecule has 0 fully saturated rings. The van der Waals surface area contributed by atoms with Crippen molar-refractivity contribution in [2.75, 3.05) is 39.3 Å². The molecule has 1 heterocycles. The van der Waals surface area contributed by atoms with E-state index in [4.69, 9.17) is 4.74 Å². The molecule has 1 aromatic rings. The Morgan fingerprint density at radius 3 is 2.70 bits per heavy atom. The van der Waals surface area contributed by atoms with Gasteiger partial charge in [-0.15, -0.1) is 0 Å². The largest absolute Gasteiger partial charge is 0.375 e. The molecule has 0 atom stereocenters. The summed E-state index contributed by atoms with van der Waals surface area (Å²) < 4.78 is 30.2. The molecule has 7 heteroatoms. The van der Waals surface area contributed by atoms with E-state index < -0.39 is 10.0 Å². The molecular weight excluding hydrogens is 280 g/mol. The van der Waals surface area contributed by atoms with E-state index >= 15 is 0 Å². The number of benzene rings is 1. The van der Waals surface area contributed by atoms with Gasteiger partial charge in [0.15, 0.2) is 0 Å². The van der Waals surface area contributed by atoms with Gasteiger partial charge >= 0.3 is 0 Å². The predicted molar refractivity (Wildman–Crippen MR) is 75.2 cm³/mol. The SMILES string of the molecule is COCC(=O)N1CCc2cc(S(=O)(=O)N(C)C)ccc21. The monoisotopic (exact) mass is 298 g/mol. The Labute approximate surface area is 119 Å². The van der Waals surface area contributed by atoms with Crippen LogP contribution in [0.15, 0.2) is 23.1 Å². The third-order valence-corrected chi connectivity index (χ3v) is 5.11. The lowest BCUT2D eigenvalue weighted by Gasteiger charge is -2.17. The minimum absolute atomic E-state index is 0.0250. The van der Waals surface area contributed by atoms with Gasteiger partial charge in [-0.2, -0.15) is 0 Å². The smallest absolute Gasteiger partial charge is 0.252 e. The van der Waals surface area contributed by atoms with E-state index in [1.165, 1.54) is 31.6 Å². The predicted octanol–water partition coefficient (Wildman–Crippen LogP) is 0.472. The van der Waals surface area contributed by atoms with E-state index in [1.807, 2.05) is 0 Å². The number of anilines is 1. The van der Waals surface area contributed by atoms with Crippen LogP contribution in [-0.4, -0.2) is 53.0 Å². The van der Waals surface area contributed by atoms with Crippen molar-refractivity contribution >= 4 is 21.6 Å². The molecular formula is C13H18N2O4S. The van der Waals surface area contributed by atoms with Crippen LogP contribution < -0.4 is 4.90 Å². The molecule has 0 N–H and O–H groups in total. The minimum atomic E-state index is -3.44. The van der Waals surface area contributed by atoms with Crippen molar-refractivity contribution in [3.63, 3.8) is 0 Å². The summed E-state index contributed by atoms with van der Waals surface area (Å²) in [6.45, 7) is 0.584. The molecule has 0 spiro atoms. The van der Waals surface area contributed by atoms with Gasteiger partial charge in [-0.3, -0.25) is 4.79 Å². The highest BCUT2D eigenvalue weighted by atomic mass is 32.2. The summed E-state index contributed by atoms with van der Waals surface area (Å²) >= 11 is 0. The third kappa shape index (κ3) is 2.56. The van der Waals surface area contributed by atoms with Gasteiger partial charge in [0.05, 0.1) is 4.90 Å². The Bertz CT molecular complexity index is 625. The van der Waals surface area contributed by atoms with E-state index in [-0.39, 0.29) is 17.4 Å². The molecule has 1 amide bonds. The van der Waals surface area contributed by atoms with Crippen LogP contribution in [0.2, 0.25) is 0 Å². The second-order valence-corrected chi connectivity index (χ2v) is 6.96. The topological polar surface area (TPSA) is 66.9 Å². The quantitative estimate of drug-likeness (QED) is 0.810. The van der Waals surface area contributed by atoms with Crippen molar-refractivity contribution in [2.24, 2.45) is 0 Å². The first kappa shape index (κ1) is 15.0. The van der Waals surface area contributed by atoms with Gasteiger partial charge in [0.25, 0.3) is 5.91 Å². The van der Waals surface area contributed by atoms with Crippen LogP contribution in [0, 0.1) is 0 Å². The molecule has 0 bridgehead atoms. The molecule has 110 valence electrons. The number of nitrogens with zero attached hydrogens (tertiary/aromatic N) is 2. The Hall–Kier alpha value is -1.44. The van der Waals surface area contributed by atoms with Gasteiger partial charge in [0.2, 0.25) is 10.0 Å². The Kier molecular flexibility index (Phi) is 4.12. The molecule has 6 nitrogen and oxygen atoms in total. The number of methoxy groups -OCH3 is 1. The Balaban J connectivity index is 2.34. The lowest BCUT2D eigenvalue weighted by molar-refractivity contribution is -0.122. The summed E-state index contributed by atoms with van der Waals surface area (Å²) in [5.41, 5.74) is 1.64. The highest BCUT2D eigenvalue weighted by molar-refractivity contribution is 7.89. The van der Waals surface area contributed by atoms with Crippen LogP contribution >= 0.6 is 0 Å². The lowest BCUT2D eigenvalue weighted by Crippen LogP contribution is -2.32. The van der Waals surface area contributed by atoms with E-state index in [0.717, 1.165) is 11.3 Å². The average molecular weight is 298 g/mol. The van der Waals surface area contributed by atoms with Crippen molar-refractivity contribution in [1.29, 1.82) is 0 Å². The number of rotatable bonds is 4. The maximum Gasteiger partial charge on any atom is 0.252 e. The lowest BCUT2D eigenvalue weighted by atomic mass is 10.2. The first-order chi connectivity index (χ1) is 9.37. The summed E-state index contributed by atoms with van der Waals surface area (Å²) in [7, 11) is 1.03. The summed E-state index contributed by atoms with van der Waals surface area (Å²) in [5, 5.41) is 0. The first-order valence-corrected chi connectivity index (χ1v) is 7.66. The fourth-order valence-electron chi connectivity index (χ4n) is 2.21.